The van der Waals surface area contributed by atoms with Crippen LogP contribution in [0.2, 0.25) is 0 Å². The van der Waals surface area contributed by atoms with Gasteiger partial charge in [0, 0.05) is 11.6 Å². The number of primary amides is 1. The second kappa shape index (κ2) is 5.09. The van der Waals surface area contributed by atoms with Crippen molar-refractivity contribution >= 4 is 17.6 Å². The SMILES string of the molecule is NC(=O)c1ccc(NC2C=CC(C(=O)O)C2)c(F)c1. The van der Waals surface area contributed by atoms with Gasteiger partial charge in [-0.05, 0) is 24.6 Å². The Morgan fingerprint density at radius 1 is 1.37 bits per heavy atom. The summed E-state index contributed by atoms with van der Waals surface area (Å²) in [4.78, 5) is 21.7. The van der Waals surface area contributed by atoms with Crippen molar-refractivity contribution in [2.45, 2.75) is 12.5 Å². The maximum absolute atomic E-state index is 13.7. The average molecular weight is 264 g/mol. The van der Waals surface area contributed by atoms with Gasteiger partial charge in [0.15, 0.2) is 0 Å². The normalized spacial score (nSPS) is 21.3. The molecule has 19 heavy (non-hydrogen) atoms. The smallest absolute Gasteiger partial charge is 0.310 e. The fraction of sp³-hybridized carbons (Fsp3) is 0.231. The zero-order chi connectivity index (χ0) is 14.0. The number of nitrogens with one attached hydrogen (secondary N) is 1. The Balaban J connectivity index is 2.07. The van der Waals surface area contributed by atoms with Gasteiger partial charge in [0.2, 0.25) is 5.91 Å². The third-order valence-corrected chi connectivity index (χ3v) is 3.00. The number of rotatable bonds is 4. The van der Waals surface area contributed by atoms with Crippen LogP contribution in [0.25, 0.3) is 0 Å². The molecule has 100 valence electrons. The number of carboxylic acids is 1. The van der Waals surface area contributed by atoms with E-state index in [0.717, 1.165) is 6.07 Å². The maximum atomic E-state index is 13.7. The number of halogens is 1. The summed E-state index contributed by atoms with van der Waals surface area (Å²) in [6, 6.07) is 3.64. The number of carbonyl (C=O) groups excluding carboxylic acids is 1. The molecule has 0 fully saturated rings. The van der Waals surface area contributed by atoms with E-state index >= 15 is 0 Å². The molecule has 0 radical (unpaired) electrons. The fourth-order valence-corrected chi connectivity index (χ4v) is 1.97. The lowest BCUT2D eigenvalue weighted by Crippen LogP contribution is -2.19. The highest BCUT2D eigenvalue weighted by atomic mass is 19.1. The summed E-state index contributed by atoms with van der Waals surface area (Å²) in [6.45, 7) is 0. The van der Waals surface area contributed by atoms with Crippen molar-refractivity contribution < 1.29 is 19.1 Å². The van der Waals surface area contributed by atoms with Gasteiger partial charge in [0.25, 0.3) is 0 Å². The molecule has 2 rings (SSSR count). The number of aliphatic carboxylic acids is 1. The van der Waals surface area contributed by atoms with Crippen LogP contribution in [0, 0.1) is 11.7 Å². The van der Waals surface area contributed by atoms with E-state index in [0.29, 0.717) is 6.42 Å². The monoisotopic (exact) mass is 264 g/mol. The Morgan fingerprint density at radius 3 is 2.63 bits per heavy atom. The molecule has 0 saturated heterocycles. The molecule has 0 aromatic heterocycles. The predicted molar refractivity (Wildman–Crippen MR) is 67.2 cm³/mol. The molecule has 0 heterocycles. The molecule has 0 bridgehead atoms. The minimum absolute atomic E-state index is 0.0911. The van der Waals surface area contributed by atoms with Crippen LogP contribution in [0.15, 0.2) is 30.4 Å². The van der Waals surface area contributed by atoms with Crippen LogP contribution in [0.3, 0.4) is 0 Å². The first-order valence-electron chi connectivity index (χ1n) is 5.74. The lowest BCUT2D eigenvalue weighted by molar-refractivity contribution is -0.140. The minimum Gasteiger partial charge on any atom is -0.481 e. The molecule has 0 aliphatic heterocycles. The van der Waals surface area contributed by atoms with Gasteiger partial charge < -0.3 is 16.2 Å². The average Bonchev–Trinajstić information content (AvgIpc) is 2.80. The Hall–Kier alpha value is -2.37. The Kier molecular flexibility index (Phi) is 3.50. The zero-order valence-corrected chi connectivity index (χ0v) is 9.97. The van der Waals surface area contributed by atoms with Crippen LogP contribution < -0.4 is 11.1 Å². The van der Waals surface area contributed by atoms with Gasteiger partial charge in [-0.25, -0.2) is 4.39 Å². The van der Waals surface area contributed by atoms with Gasteiger partial charge in [0.1, 0.15) is 5.82 Å². The van der Waals surface area contributed by atoms with Crippen LogP contribution in [0.5, 0.6) is 0 Å². The van der Waals surface area contributed by atoms with Crippen LogP contribution in [-0.4, -0.2) is 23.0 Å². The van der Waals surface area contributed by atoms with Gasteiger partial charge in [-0.2, -0.15) is 0 Å². The molecule has 2 unspecified atom stereocenters. The lowest BCUT2D eigenvalue weighted by atomic mass is 10.1. The summed E-state index contributed by atoms with van der Waals surface area (Å²) < 4.78 is 13.7. The molecule has 1 amide bonds. The largest absolute Gasteiger partial charge is 0.481 e. The number of anilines is 1. The highest BCUT2D eigenvalue weighted by Crippen LogP contribution is 2.23. The summed E-state index contributed by atoms with van der Waals surface area (Å²) in [5.41, 5.74) is 5.35. The third kappa shape index (κ3) is 2.90. The van der Waals surface area contributed by atoms with Crippen LogP contribution >= 0.6 is 0 Å². The Morgan fingerprint density at radius 2 is 2.11 bits per heavy atom. The zero-order valence-electron chi connectivity index (χ0n) is 9.97. The second-order valence-corrected chi connectivity index (χ2v) is 4.38. The van der Waals surface area contributed by atoms with Crippen molar-refractivity contribution in [3.63, 3.8) is 0 Å². The van der Waals surface area contributed by atoms with Crippen LogP contribution in [-0.2, 0) is 4.79 Å². The van der Waals surface area contributed by atoms with Crippen molar-refractivity contribution in [1.29, 1.82) is 0 Å². The number of amides is 1. The van der Waals surface area contributed by atoms with Crippen molar-refractivity contribution in [3.05, 3.63) is 41.7 Å². The summed E-state index contributed by atoms with van der Waals surface area (Å²) in [5.74, 6) is -2.74. The Bertz CT molecular complexity index is 557. The standard InChI is InChI=1S/C13H13FN2O3/c14-10-6-7(12(15)17)2-4-11(10)16-9-3-1-8(5-9)13(18)19/h1-4,6,8-9,16H,5H2,(H2,15,17)(H,18,19). The van der Waals surface area contributed by atoms with Crippen molar-refractivity contribution in [2.24, 2.45) is 11.7 Å². The molecule has 1 aliphatic carbocycles. The van der Waals surface area contributed by atoms with Gasteiger partial charge in [-0.3, -0.25) is 9.59 Å². The predicted octanol–water partition coefficient (Wildman–Crippen LogP) is 1.37. The fourth-order valence-electron chi connectivity index (χ4n) is 1.97. The topological polar surface area (TPSA) is 92.4 Å². The first-order valence-corrected chi connectivity index (χ1v) is 5.74. The molecule has 1 aliphatic rings. The van der Waals surface area contributed by atoms with E-state index in [4.69, 9.17) is 10.8 Å². The maximum Gasteiger partial charge on any atom is 0.310 e. The van der Waals surface area contributed by atoms with E-state index in [9.17, 15) is 14.0 Å². The minimum atomic E-state index is -0.898. The van der Waals surface area contributed by atoms with E-state index in [2.05, 4.69) is 5.32 Å². The molecular weight excluding hydrogens is 251 g/mol. The van der Waals surface area contributed by atoms with E-state index in [-0.39, 0.29) is 17.3 Å². The van der Waals surface area contributed by atoms with E-state index in [1.807, 2.05) is 0 Å². The van der Waals surface area contributed by atoms with Gasteiger partial charge in [-0.15, -0.1) is 0 Å². The summed E-state index contributed by atoms with van der Waals surface area (Å²) in [5, 5.41) is 11.7. The van der Waals surface area contributed by atoms with Gasteiger partial charge >= 0.3 is 5.97 Å². The van der Waals surface area contributed by atoms with Gasteiger partial charge in [0.05, 0.1) is 11.6 Å². The van der Waals surface area contributed by atoms with Crippen LogP contribution in [0.1, 0.15) is 16.8 Å². The number of nitrogens with two attached hydrogens (primary N) is 1. The number of carboxylic acid groups (broad SMARTS) is 1. The van der Waals surface area contributed by atoms with Crippen LogP contribution in [0.4, 0.5) is 10.1 Å². The number of hydrogen-bond donors (Lipinski definition) is 3. The molecule has 1 aromatic carbocycles. The summed E-state index contributed by atoms with van der Waals surface area (Å²) >= 11 is 0. The van der Waals surface area contributed by atoms with E-state index in [1.54, 1.807) is 12.2 Å². The first-order chi connectivity index (χ1) is 8.97. The highest BCUT2D eigenvalue weighted by Gasteiger charge is 2.24. The number of hydrogen-bond acceptors (Lipinski definition) is 3. The third-order valence-electron chi connectivity index (χ3n) is 3.00. The summed E-state index contributed by atoms with van der Waals surface area (Å²) in [6.07, 6.45) is 3.64. The van der Waals surface area contributed by atoms with Crippen molar-refractivity contribution in [3.8, 4) is 0 Å². The molecule has 0 spiro atoms. The van der Waals surface area contributed by atoms with Gasteiger partial charge in [-0.1, -0.05) is 12.2 Å². The molecule has 0 saturated carbocycles. The van der Waals surface area contributed by atoms with Crippen molar-refractivity contribution in [1.82, 2.24) is 0 Å². The lowest BCUT2D eigenvalue weighted by Gasteiger charge is -2.14. The van der Waals surface area contributed by atoms with E-state index < -0.39 is 23.6 Å². The molecule has 5 nitrogen and oxygen atoms in total. The molecule has 1 aromatic rings. The first kappa shape index (κ1) is 13.1. The molecule has 4 N–H and O–H groups in total. The number of carbonyl (C=O) groups is 2. The molecule has 6 heteroatoms. The highest BCUT2D eigenvalue weighted by molar-refractivity contribution is 5.93. The molecular formula is C13H13FN2O3. The molecule has 2 atom stereocenters. The summed E-state index contributed by atoms with van der Waals surface area (Å²) in [7, 11) is 0. The second-order valence-electron chi connectivity index (χ2n) is 4.38. The quantitative estimate of drug-likeness (QED) is 0.716. The Labute approximate surface area is 108 Å². The van der Waals surface area contributed by atoms with E-state index in [1.165, 1.54) is 12.1 Å². The van der Waals surface area contributed by atoms with Crippen molar-refractivity contribution in [2.75, 3.05) is 5.32 Å². The number of benzene rings is 1.